The predicted molar refractivity (Wildman–Crippen MR) is 73.7 cm³/mol. The second-order valence-electron chi connectivity index (χ2n) is 4.08. The van der Waals surface area contributed by atoms with Crippen LogP contribution in [0.5, 0.6) is 5.75 Å². The summed E-state index contributed by atoms with van der Waals surface area (Å²) in [6.45, 7) is 0.449. The Balaban J connectivity index is 1.85. The fraction of sp³-hybridized carbons (Fsp3) is 0.154. The highest BCUT2D eigenvalue weighted by Gasteiger charge is 2.02. The molecule has 1 aromatic carbocycles. The van der Waals surface area contributed by atoms with Gasteiger partial charge in [0.25, 0.3) is 0 Å². The summed E-state index contributed by atoms with van der Waals surface area (Å²) in [6, 6.07) is 4.92. The molecule has 0 saturated carbocycles. The number of carbonyl (C=O) groups is 1. The maximum Gasteiger partial charge on any atom is 0.319 e. The molecule has 7 heteroatoms. The van der Waals surface area contributed by atoms with Crippen LogP contribution in [-0.4, -0.2) is 27.7 Å². The molecule has 104 valence electrons. The quantitative estimate of drug-likeness (QED) is 0.662. The van der Waals surface area contributed by atoms with E-state index in [9.17, 15) is 14.7 Å². The van der Waals surface area contributed by atoms with Crippen molar-refractivity contribution >= 4 is 11.7 Å². The van der Waals surface area contributed by atoms with Gasteiger partial charge in [-0.1, -0.05) is 0 Å². The van der Waals surface area contributed by atoms with Crippen molar-refractivity contribution in [2.45, 2.75) is 6.42 Å². The molecular weight excluding hydrogens is 260 g/mol. The van der Waals surface area contributed by atoms with Gasteiger partial charge in [-0.2, -0.15) is 0 Å². The van der Waals surface area contributed by atoms with E-state index in [1.807, 2.05) is 0 Å². The van der Waals surface area contributed by atoms with Crippen molar-refractivity contribution in [2.75, 3.05) is 11.9 Å². The number of aromatic amines is 1. The van der Waals surface area contributed by atoms with Crippen LogP contribution in [0.4, 0.5) is 10.5 Å². The Morgan fingerprint density at radius 2 is 2.10 bits per heavy atom. The minimum atomic E-state index is -0.502. The fourth-order valence-corrected chi connectivity index (χ4v) is 1.55. The largest absolute Gasteiger partial charge is 0.504 e. The average Bonchev–Trinajstić information content (AvgIpc) is 2.89. The normalized spacial score (nSPS) is 10.0. The third kappa shape index (κ3) is 3.84. The number of nitrogens with zero attached hydrogens (tertiary/aromatic N) is 1. The maximum absolute atomic E-state index is 11.6. The molecule has 0 atom stereocenters. The summed E-state index contributed by atoms with van der Waals surface area (Å²) in [5.74, 6) is -0.363. The van der Waals surface area contributed by atoms with E-state index in [-0.39, 0.29) is 11.8 Å². The van der Waals surface area contributed by atoms with Crippen molar-refractivity contribution in [3.05, 3.63) is 52.7 Å². The van der Waals surface area contributed by atoms with Gasteiger partial charge >= 0.3 is 6.03 Å². The van der Waals surface area contributed by atoms with Gasteiger partial charge in [0.05, 0.1) is 6.33 Å². The van der Waals surface area contributed by atoms with Crippen LogP contribution in [0.25, 0.3) is 0 Å². The maximum atomic E-state index is 11.6. The first-order chi connectivity index (χ1) is 9.65. The third-order valence-electron chi connectivity index (χ3n) is 2.58. The lowest BCUT2D eigenvalue weighted by Crippen LogP contribution is -2.30. The van der Waals surface area contributed by atoms with E-state index >= 15 is 0 Å². The fourth-order valence-electron chi connectivity index (χ4n) is 1.55. The van der Waals surface area contributed by atoms with Gasteiger partial charge in [-0.15, -0.1) is 0 Å². The van der Waals surface area contributed by atoms with Crippen molar-refractivity contribution in [1.82, 2.24) is 15.3 Å². The first-order valence-corrected chi connectivity index (χ1v) is 6.00. The Labute approximate surface area is 114 Å². The highest BCUT2D eigenvalue weighted by Crippen LogP contribution is 2.06. The van der Waals surface area contributed by atoms with Crippen LogP contribution in [-0.2, 0) is 6.42 Å². The Morgan fingerprint density at radius 1 is 1.30 bits per heavy atom. The van der Waals surface area contributed by atoms with Gasteiger partial charge < -0.3 is 20.7 Å². The summed E-state index contributed by atoms with van der Waals surface area (Å²) in [5.41, 5.74) is 0.844. The Bertz CT molecular complexity index is 640. The van der Waals surface area contributed by atoms with Gasteiger partial charge in [0.2, 0.25) is 5.43 Å². The zero-order valence-electron chi connectivity index (χ0n) is 10.6. The lowest BCUT2D eigenvalue weighted by atomic mass is 10.3. The first kappa shape index (κ1) is 13.6. The van der Waals surface area contributed by atoms with Crippen LogP contribution in [0.15, 0.2) is 41.6 Å². The molecule has 0 unspecified atom stereocenters. The summed E-state index contributed by atoms with van der Waals surface area (Å²) < 4.78 is 0. The average molecular weight is 274 g/mol. The van der Waals surface area contributed by atoms with Crippen molar-refractivity contribution in [3.63, 3.8) is 0 Å². The second-order valence-corrected chi connectivity index (χ2v) is 4.08. The molecule has 2 rings (SSSR count). The van der Waals surface area contributed by atoms with Crippen LogP contribution in [0.3, 0.4) is 0 Å². The van der Waals surface area contributed by atoms with Gasteiger partial charge in [-0.25, -0.2) is 9.78 Å². The predicted octanol–water partition coefficient (Wildman–Crippen LogP) is 0.840. The molecule has 0 aliphatic heterocycles. The molecule has 4 N–H and O–H groups in total. The number of urea groups is 1. The molecule has 0 bridgehead atoms. The summed E-state index contributed by atoms with van der Waals surface area (Å²) in [4.78, 5) is 29.6. The van der Waals surface area contributed by atoms with E-state index in [1.54, 1.807) is 12.5 Å². The van der Waals surface area contributed by atoms with Crippen molar-refractivity contribution in [2.24, 2.45) is 0 Å². The molecule has 7 nitrogen and oxygen atoms in total. The number of hydrogen-bond donors (Lipinski definition) is 4. The zero-order valence-corrected chi connectivity index (χ0v) is 10.6. The number of carbonyl (C=O) groups excluding carboxylic acids is 1. The van der Waals surface area contributed by atoms with Gasteiger partial charge in [0.1, 0.15) is 0 Å². The Morgan fingerprint density at radius 3 is 2.85 bits per heavy atom. The lowest BCUT2D eigenvalue weighted by Gasteiger charge is -2.05. The second kappa shape index (κ2) is 6.37. The molecule has 0 fully saturated rings. The van der Waals surface area contributed by atoms with E-state index in [2.05, 4.69) is 20.6 Å². The summed E-state index contributed by atoms with van der Waals surface area (Å²) in [5, 5.41) is 14.5. The van der Waals surface area contributed by atoms with Gasteiger partial charge in [0, 0.05) is 30.5 Å². The smallest absolute Gasteiger partial charge is 0.319 e. The molecule has 0 spiro atoms. The van der Waals surface area contributed by atoms with Crippen LogP contribution < -0.4 is 16.1 Å². The highest BCUT2D eigenvalue weighted by atomic mass is 16.3. The van der Waals surface area contributed by atoms with E-state index in [0.717, 1.165) is 5.69 Å². The minimum Gasteiger partial charge on any atom is -0.504 e. The van der Waals surface area contributed by atoms with Gasteiger partial charge in [-0.05, 0) is 24.3 Å². The number of aromatic nitrogens is 2. The van der Waals surface area contributed by atoms with Crippen molar-refractivity contribution in [3.8, 4) is 5.75 Å². The number of rotatable bonds is 4. The van der Waals surface area contributed by atoms with Crippen LogP contribution in [0, 0.1) is 0 Å². The van der Waals surface area contributed by atoms with E-state index in [4.69, 9.17) is 0 Å². The molecule has 0 saturated heterocycles. The number of anilines is 1. The molecule has 0 radical (unpaired) electrons. The highest BCUT2D eigenvalue weighted by molar-refractivity contribution is 5.89. The molecule has 1 aromatic heterocycles. The molecule has 0 aliphatic carbocycles. The molecule has 2 aromatic rings. The number of aromatic hydroxyl groups is 1. The van der Waals surface area contributed by atoms with Crippen LogP contribution in [0.1, 0.15) is 5.69 Å². The first-order valence-electron chi connectivity index (χ1n) is 6.00. The Hall–Kier alpha value is -2.83. The summed E-state index contributed by atoms with van der Waals surface area (Å²) in [7, 11) is 0. The standard InChI is InChI=1S/C13H14N4O3/c18-11-3-1-9(2-4-12(11)19)17-13(20)15-6-5-10-7-14-8-16-10/h1-4,7-8H,5-6H2,(H,14,16)(H,18,19)(H2,15,17,20). The SMILES string of the molecule is O=C(NCCc1cnc[nH]1)Nc1ccc(O)c(=O)cc1. The summed E-state index contributed by atoms with van der Waals surface area (Å²) >= 11 is 0. The van der Waals surface area contributed by atoms with Crippen LogP contribution >= 0.6 is 0 Å². The summed E-state index contributed by atoms with van der Waals surface area (Å²) in [6.07, 6.45) is 3.91. The number of imidazole rings is 1. The van der Waals surface area contributed by atoms with E-state index < -0.39 is 5.43 Å². The number of hydrogen-bond acceptors (Lipinski definition) is 4. The Kier molecular flexibility index (Phi) is 4.33. The van der Waals surface area contributed by atoms with Gasteiger partial charge in [0.15, 0.2) is 5.75 Å². The molecule has 1 heterocycles. The third-order valence-corrected chi connectivity index (χ3v) is 2.58. The molecule has 2 amide bonds. The van der Waals surface area contributed by atoms with E-state index in [0.29, 0.717) is 18.7 Å². The van der Waals surface area contributed by atoms with E-state index in [1.165, 1.54) is 24.3 Å². The van der Waals surface area contributed by atoms with Crippen LogP contribution in [0.2, 0.25) is 0 Å². The topological polar surface area (TPSA) is 107 Å². The molecule has 20 heavy (non-hydrogen) atoms. The number of amides is 2. The van der Waals surface area contributed by atoms with Crippen molar-refractivity contribution in [1.29, 1.82) is 0 Å². The lowest BCUT2D eigenvalue weighted by molar-refractivity contribution is 0.252. The molecular formula is C13H14N4O3. The molecule has 0 aliphatic rings. The minimum absolute atomic E-state index is 0.363. The number of H-pyrrole nitrogens is 1. The zero-order chi connectivity index (χ0) is 14.4. The monoisotopic (exact) mass is 274 g/mol. The number of nitrogens with one attached hydrogen (secondary N) is 3. The van der Waals surface area contributed by atoms with Crippen molar-refractivity contribution < 1.29 is 9.90 Å². The van der Waals surface area contributed by atoms with Gasteiger partial charge in [-0.3, -0.25) is 4.79 Å².